The number of hydrogen-bond donors (Lipinski definition) is 1. The predicted octanol–water partition coefficient (Wildman–Crippen LogP) is 3.31. The molecule has 1 heterocycles. The SMILES string of the molecule is CCCNC(C1=COCCC1)C1(N(C)C)CCCCC1. The van der Waals surface area contributed by atoms with E-state index in [1.165, 1.54) is 56.9 Å². The highest BCUT2D eigenvalue weighted by molar-refractivity contribution is 5.20. The van der Waals surface area contributed by atoms with Crippen molar-refractivity contribution >= 4 is 0 Å². The van der Waals surface area contributed by atoms with Crippen LogP contribution < -0.4 is 5.32 Å². The zero-order valence-electron chi connectivity index (χ0n) is 13.6. The van der Waals surface area contributed by atoms with Gasteiger partial charge in [0, 0.05) is 11.6 Å². The van der Waals surface area contributed by atoms with Gasteiger partial charge in [-0.2, -0.15) is 0 Å². The van der Waals surface area contributed by atoms with E-state index in [9.17, 15) is 0 Å². The minimum Gasteiger partial charge on any atom is -0.501 e. The van der Waals surface area contributed by atoms with Gasteiger partial charge in [0.1, 0.15) is 0 Å². The number of nitrogens with one attached hydrogen (secondary N) is 1. The Morgan fingerprint density at radius 1 is 1.25 bits per heavy atom. The van der Waals surface area contributed by atoms with E-state index in [2.05, 4.69) is 37.5 Å². The third kappa shape index (κ3) is 3.37. The van der Waals surface area contributed by atoms with Crippen molar-refractivity contribution in [1.82, 2.24) is 10.2 Å². The van der Waals surface area contributed by atoms with E-state index in [1.807, 2.05) is 0 Å². The van der Waals surface area contributed by atoms with Gasteiger partial charge in [0.05, 0.1) is 12.9 Å². The van der Waals surface area contributed by atoms with Crippen molar-refractivity contribution in [2.75, 3.05) is 27.2 Å². The van der Waals surface area contributed by atoms with Gasteiger partial charge in [0.15, 0.2) is 0 Å². The molecule has 20 heavy (non-hydrogen) atoms. The Kier molecular flexibility index (Phi) is 5.91. The molecular formula is C17H32N2O. The highest BCUT2D eigenvalue weighted by Crippen LogP contribution is 2.39. The van der Waals surface area contributed by atoms with Gasteiger partial charge in [-0.25, -0.2) is 0 Å². The fourth-order valence-electron chi connectivity index (χ4n) is 3.91. The number of ether oxygens (including phenoxy) is 1. The topological polar surface area (TPSA) is 24.5 Å². The molecule has 1 aliphatic carbocycles. The Labute approximate surface area is 124 Å². The minimum atomic E-state index is 0.278. The second-order valence-electron chi connectivity index (χ2n) is 6.61. The van der Waals surface area contributed by atoms with Gasteiger partial charge in [0.2, 0.25) is 0 Å². The van der Waals surface area contributed by atoms with Crippen molar-refractivity contribution in [1.29, 1.82) is 0 Å². The van der Waals surface area contributed by atoms with Crippen LogP contribution in [0.2, 0.25) is 0 Å². The number of rotatable bonds is 6. The lowest BCUT2D eigenvalue weighted by molar-refractivity contribution is 0.0643. The van der Waals surface area contributed by atoms with Gasteiger partial charge in [-0.1, -0.05) is 26.2 Å². The molecule has 1 aliphatic heterocycles. The lowest BCUT2D eigenvalue weighted by atomic mass is 9.72. The number of nitrogens with zero attached hydrogens (tertiary/aromatic N) is 1. The van der Waals surface area contributed by atoms with Gasteiger partial charge < -0.3 is 15.0 Å². The van der Waals surface area contributed by atoms with E-state index in [4.69, 9.17) is 4.74 Å². The summed E-state index contributed by atoms with van der Waals surface area (Å²) in [4.78, 5) is 2.48. The molecule has 1 atom stereocenters. The summed E-state index contributed by atoms with van der Waals surface area (Å²) in [5.41, 5.74) is 1.76. The van der Waals surface area contributed by atoms with Gasteiger partial charge in [-0.3, -0.25) is 0 Å². The normalized spacial score (nSPS) is 24.1. The van der Waals surface area contributed by atoms with Crippen LogP contribution in [0.3, 0.4) is 0 Å². The van der Waals surface area contributed by atoms with Crippen molar-refractivity contribution in [3.63, 3.8) is 0 Å². The number of likely N-dealkylation sites (N-methyl/N-ethyl adjacent to an activating group) is 1. The molecule has 0 aromatic heterocycles. The first-order valence-corrected chi connectivity index (χ1v) is 8.42. The van der Waals surface area contributed by atoms with Crippen LogP contribution in [0.4, 0.5) is 0 Å². The summed E-state index contributed by atoms with van der Waals surface area (Å²) in [6.45, 7) is 4.23. The standard InChI is InChI=1S/C17H32N2O/c1-4-12-18-16(15-9-8-13-20-14-15)17(19(2)3)10-6-5-7-11-17/h14,16,18H,4-13H2,1-3H3. The van der Waals surface area contributed by atoms with Crippen molar-refractivity contribution in [2.45, 2.75) is 69.9 Å². The Bertz CT molecular complexity index is 319. The van der Waals surface area contributed by atoms with Gasteiger partial charge in [-0.15, -0.1) is 0 Å². The summed E-state index contributed by atoms with van der Waals surface area (Å²) in [7, 11) is 4.52. The first-order valence-electron chi connectivity index (χ1n) is 8.42. The highest BCUT2D eigenvalue weighted by Gasteiger charge is 2.43. The lowest BCUT2D eigenvalue weighted by Crippen LogP contribution is -2.61. The van der Waals surface area contributed by atoms with Crippen LogP contribution in [0.25, 0.3) is 0 Å². The maximum Gasteiger partial charge on any atom is 0.0876 e. The molecule has 0 spiro atoms. The second kappa shape index (κ2) is 7.46. The van der Waals surface area contributed by atoms with E-state index < -0.39 is 0 Å². The summed E-state index contributed by atoms with van der Waals surface area (Å²) in [5.74, 6) is 0. The molecule has 3 nitrogen and oxygen atoms in total. The molecule has 1 N–H and O–H groups in total. The molecular weight excluding hydrogens is 248 g/mol. The Morgan fingerprint density at radius 2 is 2.00 bits per heavy atom. The zero-order chi connectivity index (χ0) is 14.4. The molecule has 2 rings (SSSR count). The van der Waals surface area contributed by atoms with E-state index in [0.717, 1.165) is 13.2 Å². The molecule has 0 saturated heterocycles. The third-order valence-corrected chi connectivity index (χ3v) is 5.08. The molecule has 0 amide bonds. The van der Waals surface area contributed by atoms with Crippen LogP contribution in [-0.2, 0) is 4.74 Å². The van der Waals surface area contributed by atoms with Crippen LogP contribution >= 0.6 is 0 Å². The van der Waals surface area contributed by atoms with Crippen LogP contribution in [0.1, 0.15) is 58.3 Å². The molecule has 1 saturated carbocycles. The molecule has 2 aliphatic rings. The van der Waals surface area contributed by atoms with E-state index >= 15 is 0 Å². The first kappa shape index (κ1) is 15.8. The van der Waals surface area contributed by atoms with E-state index in [1.54, 1.807) is 0 Å². The smallest absolute Gasteiger partial charge is 0.0876 e. The van der Waals surface area contributed by atoms with Gasteiger partial charge >= 0.3 is 0 Å². The lowest BCUT2D eigenvalue weighted by Gasteiger charge is -2.50. The van der Waals surface area contributed by atoms with Crippen molar-refractivity contribution in [3.05, 3.63) is 11.8 Å². The van der Waals surface area contributed by atoms with Gasteiger partial charge in [-0.05, 0) is 58.3 Å². The molecule has 1 fully saturated rings. The molecule has 116 valence electrons. The Balaban J connectivity index is 2.23. The summed E-state index contributed by atoms with van der Waals surface area (Å²) in [5, 5.41) is 3.84. The van der Waals surface area contributed by atoms with Crippen LogP contribution in [0.15, 0.2) is 11.8 Å². The summed E-state index contributed by atoms with van der Waals surface area (Å²) in [6.07, 6.45) is 12.3. The first-order chi connectivity index (χ1) is 9.70. The van der Waals surface area contributed by atoms with E-state index in [0.29, 0.717) is 6.04 Å². The average molecular weight is 280 g/mol. The average Bonchev–Trinajstić information content (AvgIpc) is 2.49. The third-order valence-electron chi connectivity index (χ3n) is 5.08. The van der Waals surface area contributed by atoms with Gasteiger partial charge in [0.25, 0.3) is 0 Å². The van der Waals surface area contributed by atoms with E-state index in [-0.39, 0.29) is 5.54 Å². The molecule has 0 aromatic rings. The zero-order valence-corrected chi connectivity index (χ0v) is 13.6. The number of hydrogen-bond acceptors (Lipinski definition) is 3. The van der Waals surface area contributed by atoms with Crippen molar-refractivity contribution in [2.24, 2.45) is 0 Å². The largest absolute Gasteiger partial charge is 0.501 e. The Hall–Kier alpha value is -0.540. The molecule has 0 bridgehead atoms. The Morgan fingerprint density at radius 3 is 2.55 bits per heavy atom. The summed E-state index contributed by atoms with van der Waals surface area (Å²) in [6, 6.07) is 0.457. The van der Waals surface area contributed by atoms with Crippen LogP contribution in [0, 0.1) is 0 Å². The second-order valence-corrected chi connectivity index (χ2v) is 6.61. The minimum absolute atomic E-state index is 0.278. The predicted molar refractivity (Wildman–Crippen MR) is 84.9 cm³/mol. The molecule has 0 aromatic carbocycles. The fraction of sp³-hybridized carbons (Fsp3) is 0.882. The highest BCUT2D eigenvalue weighted by atomic mass is 16.5. The van der Waals surface area contributed by atoms with Crippen LogP contribution in [-0.4, -0.2) is 43.7 Å². The summed E-state index contributed by atoms with van der Waals surface area (Å²) >= 11 is 0. The maximum absolute atomic E-state index is 5.64. The van der Waals surface area contributed by atoms with Crippen molar-refractivity contribution in [3.8, 4) is 0 Å². The fourth-order valence-corrected chi connectivity index (χ4v) is 3.91. The summed E-state index contributed by atoms with van der Waals surface area (Å²) < 4.78 is 5.64. The molecule has 3 heteroatoms. The van der Waals surface area contributed by atoms with Crippen LogP contribution in [0.5, 0.6) is 0 Å². The molecule has 1 unspecified atom stereocenters. The molecule has 0 radical (unpaired) electrons. The monoisotopic (exact) mass is 280 g/mol. The maximum atomic E-state index is 5.64. The quantitative estimate of drug-likeness (QED) is 0.808. The van der Waals surface area contributed by atoms with Crippen molar-refractivity contribution < 1.29 is 4.74 Å².